The molecule has 1 N–H and O–H groups in total. The Hall–Kier alpha value is -4.16. The summed E-state index contributed by atoms with van der Waals surface area (Å²) in [7, 11) is 0. The number of aliphatic hydroxyl groups excluding tert-OH is 1. The van der Waals surface area contributed by atoms with Crippen LogP contribution in [0.2, 0.25) is 0 Å². The standard InChI is InChI=1S/C34H37N5O6/c40-19-24-14-28-29(17-33(24)44-11-1-8-38-9-12-42-13-10-38)35-7-5-32(28)45-27-3-2-25(37-18-27)15-31(41)30-16-26(4-6-36-30)39-20-34(21-39)22-43-23-34/h2-7,14,16-18,40H,1,8-13,15,19-23H2. The van der Waals surface area contributed by atoms with E-state index in [0.29, 0.717) is 51.7 Å². The highest BCUT2D eigenvalue weighted by Gasteiger charge is 2.49. The molecule has 0 unspecified atom stereocenters. The Morgan fingerprint density at radius 2 is 1.80 bits per heavy atom. The normalized spacial score (nSPS) is 17.6. The van der Waals surface area contributed by atoms with Crippen molar-refractivity contribution in [2.75, 3.05) is 70.7 Å². The van der Waals surface area contributed by atoms with Gasteiger partial charge in [0, 0.05) is 73.5 Å². The lowest BCUT2D eigenvalue weighted by Crippen LogP contribution is -2.66. The zero-order valence-corrected chi connectivity index (χ0v) is 25.2. The fourth-order valence-corrected chi connectivity index (χ4v) is 6.08. The van der Waals surface area contributed by atoms with Crippen LogP contribution in [0.5, 0.6) is 17.2 Å². The number of hydrogen-bond donors (Lipinski definition) is 1. The molecule has 1 aromatic carbocycles. The van der Waals surface area contributed by atoms with E-state index in [1.165, 1.54) is 0 Å². The second-order valence-electron chi connectivity index (χ2n) is 12.0. The van der Waals surface area contributed by atoms with Crippen molar-refractivity contribution in [3.8, 4) is 17.2 Å². The third-order valence-electron chi connectivity index (χ3n) is 8.66. The molecule has 234 valence electrons. The number of aromatic nitrogens is 3. The zero-order chi connectivity index (χ0) is 30.6. The summed E-state index contributed by atoms with van der Waals surface area (Å²) in [6.07, 6.45) is 6.00. The summed E-state index contributed by atoms with van der Waals surface area (Å²) >= 11 is 0. The van der Waals surface area contributed by atoms with Crippen LogP contribution in [0.3, 0.4) is 0 Å². The molecule has 11 nitrogen and oxygen atoms in total. The Kier molecular flexibility index (Phi) is 8.57. The van der Waals surface area contributed by atoms with Gasteiger partial charge in [0.2, 0.25) is 0 Å². The minimum atomic E-state index is -0.168. The summed E-state index contributed by atoms with van der Waals surface area (Å²) in [5.41, 5.74) is 3.74. The van der Waals surface area contributed by atoms with Crippen LogP contribution in [0.25, 0.3) is 10.9 Å². The van der Waals surface area contributed by atoms with Crippen molar-refractivity contribution in [1.29, 1.82) is 0 Å². The van der Waals surface area contributed by atoms with Crippen LogP contribution in [0.15, 0.2) is 61.1 Å². The lowest BCUT2D eigenvalue weighted by Gasteiger charge is -2.56. The second-order valence-corrected chi connectivity index (χ2v) is 12.0. The topological polar surface area (TPSA) is 119 Å². The molecule has 0 radical (unpaired) electrons. The van der Waals surface area contributed by atoms with E-state index in [-0.39, 0.29) is 18.8 Å². The highest BCUT2D eigenvalue weighted by Crippen LogP contribution is 2.40. The van der Waals surface area contributed by atoms with E-state index in [1.807, 2.05) is 24.3 Å². The third kappa shape index (κ3) is 6.62. The molecular formula is C34H37N5O6. The van der Waals surface area contributed by atoms with Crippen LogP contribution in [-0.2, 0) is 22.5 Å². The highest BCUT2D eigenvalue weighted by molar-refractivity contribution is 5.96. The predicted octanol–water partition coefficient (Wildman–Crippen LogP) is 3.67. The SMILES string of the molecule is O=C(Cc1ccc(Oc2ccnc3cc(OCCCN4CCOCC4)c(CO)cc23)cn1)c1cc(N2CC3(COC3)C2)ccn1. The second kappa shape index (κ2) is 13.1. The van der Waals surface area contributed by atoms with Gasteiger partial charge in [0.25, 0.3) is 0 Å². The summed E-state index contributed by atoms with van der Waals surface area (Å²) < 4.78 is 23.0. The first-order valence-corrected chi connectivity index (χ1v) is 15.5. The van der Waals surface area contributed by atoms with Gasteiger partial charge in [-0.25, -0.2) is 0 Å². The molecule has 3 saturated heterocycles. The van der Waals surface area contributed by atoms with Crippen molar-refractivity contribution in [1.82, 2.24) is 19.9 Å². The van der Waals surface area contributed by atoms with E-state index >= 15 is 0 Å². The number of carbonyl (C=O) groups is 1. The lowest BCUT2D eigenvalue weighted by atomic mass is 9.78. The fraction of sp³-hybridized carbons (Fsp3) is 0.412. The minimum Gasteiger partial charge on any atom is -0.493 e. The molecule has 3 aromatic heterocycles. The van der Waals surface area contributed by atoms with Crippen LogP contribution in [0.4, 0.5) is 5.69 Å². The van der Waals surface area contributed by atoms with Gasteiger partial charge in [-0.05, 0) is 42.8 Å². The van der Waals surface area contributed by atoms with Gasteiger partial charge < -0.3 is 29.0 Å². The number of carbonyl (C=O) groups excluding carboxylic acids is 1. The fourth-order valence-electron chi connectivity index (χ4n) is 6.08. The van der Waals surface area contributed by atoms with Gasteiger partial charge in [0.1, 0.15) is 22.9 Å². The van der Waals surface area contributed by atoms with Crippen molar-refractivity contribution in [3.05, 3.63) is 78.0 Å². The Bertz CT molecular complexity index is 1650. The maximum Gasteiger partial charge on any atom is 0.187 e. The number of Topliss-reactive ketones (excluding diaryl/α,β-unsaturated/α-hetero) is 1. The maximum atomic E-state index is 13.0. The Morgan fingerprint density at radius 1 is 0.956 bits per heavy atom. The Labute approximate surface area is 261 Å². The molecule has 3 aliphatic rings. The molecule has 0 aliphatic carbocycles. The number of morpholine rings is 1. The molecule has 6 heterocycles. The number of pyridine rings is 3. The number of hydrogen-bond acceptors (Lipinski definition) is 11. The number of nitrogens with zero attached hydrogens (tertiary/aromatic N) is 5. The van der Waals surface area contributed by atoms with Crippen molar-refractivity contribution < 1.29 is 28.8 Å². The summed E-state index contributed by atoms with van der Waals surface area (Å²) in [5.74, 6) is 1.64. The lowest BCUT2D eigenvalue weighted by molar-refractivity contribution is -0.127. The summed E-state index contributed by atoms with van der Waals surface area (Å²) in [5, 5.41) is 10.8. The van der Waals surface area contributed by atoms with E-state index < -0.39 is 0 Å². The molecule has 45 heavy (non-hydrogen) atoms. The predicted molar refractivity (Wildman–Crippen MR) is 167 cm³/mol. The maximum absolute atomic E-state index is 13.0. The summed E-state index contributed by atoms with van der Waals surface area (Å²) in [6, 6.07) is 12.9. The molecule has 4 aromatic rings. The van der Waals surface area contributed by atoms with Crippen LogP contribution in [0.1, 0.15) is 28.2 Å². The Balaban J connectivity index is 0.971. The van der Waals surface area contributed by atoms with Gasteiger partial charge in [-0.2, -0.15) is 0 Å². The molecule has 3 aliphatic heterocycles. The minimum absolute atomic E-state index is 0.0870. The molecule has 0 amide bonds. The van der Waals surface area contributed by atoms with Crippen molar-refractivity contribution in [2.24, 2.45) is 5.41 Å². The van der Waals surface area contributed by atoms with Crippen molar-refractivity contribution >= 4 is 22.4 Å². The van der Waals surface area contributed by atoms with Crippen LogP contribution in [0, 0.1) is 5.41 Å². The number of aliphatic hydroxyl groups is 1. The van der Waals surface area contributed by atoms with E-state index in [0.717, 1.165) is 76.6 Å². The Morgan fingerprint density at radius 3 is 2.56 bits per heavy atom. The van der Waals surface area contributed by atoms with Crippen molar-refractivity contribution in [3.63, 3.8) is 0 Å². The van der Waals surface area contributed by atoms with E-state index in [4.69, 9.17) is 18.9 Å². The first-order valence-electron chi connectivity index (χ1n) is 15.5. The molecular weight excluding hydrogens is 574 g/mol. The van der Waals surface area contributed by atoms with Crippen LogP contribution in [-0.4, -0.2) is 96.5 Å². The van der Waals surface area contributed by atoms with Gasteiger partial charge in [-0.1, -0.05) is 0 Å². The van der Waals surface area contributed by atoms with Gasteiger partial charge in [0.15, 0.2) is 5.78 Å². The van der Waals surface area contributed by atoms with Gasteiger partial charge in [0.05, 0.1) is 63.2 Å². The van der Waals surface area contributed by atoms with Gasteiger partial charge >= 0.3 is 0 Å². The number of ketones is 1. The zero-order valence-electron chi connectivity index (χ0n) is 25.2. The van der Waals surface area contributed by atoms with E-state index in [2.05, 4.69) is 24.8 Å². The number of benzene rings is 1. The van der Waals surface area contributed by atoms with E-state index in [9.17, 15) is 9.90 Å². The molecule has 11 heteroatoms. The summed E-state index contributed by atoms with van der Waals surface area (Å²) in [6.45, 7) is 8.31. The third-order valence-corrected chi connectivity index (χ3v) is 8.66. The van der Waals surface area contributed by atoms with Gasteiger partial charge in [-0.15, -0.1) is 0 Å². The molecule has 0 saturated carbocycles. The number of ether oxygens (including phenoxy) is 4. The number of fused-ring (bicyclic) bond motifs is 1. The first-order chi connectivity index (χ1) is 22.1. The molecule has 0 atom stereocenters. The largest absolute Gasteiger partial charge is 0.493 e. The van der Waals surface area contributed by atoms with Crippen molar-refractivity contribution in [2.45, 2.75) is 19.4 Å². The van der Waals surface area contributed by atoms with E-state index in [1.54, 1.807) is 36.8 Å². The quantitative estimate of drug-likeness (QED) is 0.187. The van der Waals surface area contributed by atoms with Gasteiger partial charge in [-0.3, -0.25) is 24.6 Å². The highest BCUT2D eigenvalue weighted by atomic mass is 16.5. The molecule has 1 spiro atoms. The number of rotatable bonds is 12. The molecule has 0 bridgehead atoms. The summed E-state index contributed by atoms with van der Waals surface area (Å²) in [4.78, 5) is 31.0. The van der Waals surface area contributed by atoms with Crippen LogP contribution < -0.4 is 14.4 Å². The number of anilines is 1. The average Bonchev–Trinajstić information content (AvgIpc) is 3.03. The average molecular weight is 612 g/mol. The monoisotopic (exact) mass is 611 g/mol. The molecule has 7 rings (SSSR count). The smallest absolute Gasteiger partial charge is 0.187 e. The first kappa shape index (κ1) is 29.5. The molecule has 3 fully saturated rings. The van der Waals surface area contributed by atoms with Crippen LogP contribution >= 0.6 is 0 Å².